The van der Waals surface area contributed by atoms with Crippen molar-refractivity contribution >= 4 is 23.7 Å². The van der Waals surface area contributed by atoms with E-state index in [4.69, 9.17) is 18.9 Å². The normalized spacial score (nSPS) is 17.2. The van der Waals surface area contributed by atoms with Gasteiger partial charge in [0.2, 0.25) is 11.9 Å². The first kappa shape index (κ1) is 21.6. The van der Waals surface area contributed by atoms with Gasteiger partial charge in [0.15, 0.2) is 17.6 Å². The van der Waals surface area contributed by atoms with E-state index in [1.807, 2.05) is 0 Å². The quantitative estimate of drug-likeness (QED) is 0.547. The van der Waals surface area contributed by atoms with Crippen LogP contribution >= 0.6 is 0 Å². The predicted molar refractivity (Wildman–Crippen MR) is 102 cm³/mol. The zero-order valence-electron chi connectivity index (χ0n) is 16.7. The molecular formula is C21H18O10. The highest BCUT2D eigenvalue weighted by atomic mass is 16.6. The molecule has 0 spiro atoms. The Bertz CT molecular complexity index is 1090. The van der Waals surface area contributed by atoms with Crippen LogP contribution in [-0.4, -0.2) is 40.0 Å². The molecule has 2 aromatic carbocycles. The summed E-state index contributed by atoms with van der Waals surface area (Å²) in [7, 11) is 0. The highest BCUT2D eigenvalue weighted by Gasteiger charge is 2.43. The van der Waals surface area contributed by atoms with Crippen molar-refractivity contribution in [2.24, 2.45) is 0 Å². The van der Waals surface area contributed by atoms with Crippen molar-refractivity contribution in [3.63, 3.8) is 0 Å². The Morgan fingerprint density at radius 2 is 1.55 bits per heavy atom. The molecular weight excluding hydrogens is 412 g/mol. The number of aromatic hydroxyl groups is 2. The number of phenols is 2. The minimum Gasteiger partial charge on any atom is -0.508 e. The number of esters is 3. The van der Waals surface area contributed by atoms with E-state index in [0.29, 0.717) is 0 Å². The number of hydrogen-bond donors (Lipinski definition) is 2. The molecule has 0 bridgehead atoms. The number of hydrogen-bond acceptors (Lipinski definition) is 10. The number of fused-ring (bicyclic) bond motifs is 1. The van der Waals surface area contributed by atoms with Crippen LogP contribution in [0.3, 0.4) is 0 Å². The number of rotatable bonds is 4. The van der Waals surface area contributed by atoms with Crippen LogP contribution in [-0.2, 0) is 19.1 Å². The molecule has 0 saturated heterocycles. The molecule has 2 aromatic rings. The molecule has 0 radical (unpaired) electrons. The maximum absolute atomic E-state index is 13.2. The Balaban J connectivity index is 2.10. The van der Waals surface area contributed by atoms with E-state index in [1.54, 1.807) is 0 Å². The van der Waals surface area contributed by atoms with E-state index in [0.717, 1.165) is 32.9 Å². The van der Waals surface area contributed by atoms with Gasteiger partial charge in [0.1, 0.15) is 22.8 Å². The Labute approximate surface area is 175 Å². The van der Waals surface area contributed by atoms with Crippen LogP contribution in [0.5, 0.6) is 28.7 Å². The van der Waals surface area contributed by atoms with Crippen LogP contribution in [0.25, 0.3) is 0 Å². The van der Waals surface area contributed by atoms with Crippen LogP contribution in [0.1, 0.15) is 42.8 Å². The molecule has 0 amide bonds. The maximum Gasteiger partial charge on any atom is 0.308 e. The van der Waals surface area contributed by atoms with Gasteiger partial charge in [-0.05, 0) is 12.1 Å². The molecule has 10 heteroatoms. The second kappa shape index (κ2) is 8.34. The average Bonchev–Trinajstić information content (AvgIpc) is 2.64. The van der Waals surface area contributed by atoms with Gasteiger partial charge in [0, 0.05) is 38.5 Å². The molecule has 2 N–H and O–H groups in total. The molecule has 0 aromatic heterocycles. The van der Waals surface area contributed by atoms with Crippen molar-refractivity contribution in [1.29, 1.82) is 0 Å². The lowest BCUT2D eigenvalue weighted by atomic mass is 9.92. The second-order valence-corrected chi connectivity index (χ2v) is 6.66. The molecule has 0 saturated carbocycles. The molecule has 0 aliphatic carbocycles. The molecule has 1 aliphatic heterocycles. The molecule has 162 valence electrons. The minimum absolute atomic E-state index is 0.113. The van der Waals surface area contributed by atoms with E-state index < -0.39 is 41.6 Å². The Hall–Kier alpha value is -4.08. The summed E-state index contributed by atoms with van der Waals surface area (Å²) in [4.78, 5) is 47.4. The molecule has 0 unspecified atom stereocenters. The lowest BCUT2D eigenvalue weighted by molar-refractivity contribution is -0.149. The van der Waals surface area contributed by atoms with Gasteiger partial charge in [-0.3, -0.25) is 19.2 Å². The highest BCUT2D eigenvalue weighted by molar-refractivity contribution is 6.07. The van der Waals surface area contributed by atoms with Gasteiger partial charge in [-0.1, -0.05) is 6.07 Å². The fraction of sp³-hybridized carbons (Fsp3) is 0.238. The van der Waals surface area contributed by atoms with Crippen LogP contribution in [0, 0.1) is 0 Å². The summed E-state index contributed by atoms with van der Waals surface area (Å²) in [6, 6.07) is 6.09. The van der Waals surface area contributed by atoms with Crippen molar-refractivity contribution in [3.05, 3.63) is 41.5 Å². The van der Waals surface area contributed by atoms with E-state index in [9.17, 15) is 29.4 Å². The van der Waals surface area contributed by atoms with E-state index in [2.05, 4.69) is 0 Å². The fourth-order valence-corrected chi connectivity index (χ4v) is 3.12. The van der Waals surface area contributed by atoms with Gasteiger partial charge in [-0.25, -0.2) is 0 Å². The summed E-state index contributed by atoms with van der Waals surface area (Å²) in [5.74, 6) is -4.12. The van der Waals surface area contributed by atoms with Crippen LogP contribution in [0.15, 0.2) is 30.3 Å². The average molecular weight is 430 g/mol. The van der Waals surface area contributed by atoms with Crippen molar-refractivity contribution in [2.75, 3.05) is 0 Å². The Kier molecular flexibility index (Phi) is 5.82. The number of benzene rings is 2. The van der Waals surface area contributed by atoms with Crippen molar-refractivity contribution < 1.29 is 48.3 Å². The largest absolute Gasteiger partial charge is 0.508 e. The van der Waals surface area contributed by atoms with E-state index in [-0.39, 0.29) is 34.1 Å². The van der Waals surface area contributed by atoms with Gasteiger partial charge >= 0.3 is 17.9 Å². The van der Waals surface area contributed by atoms with Crippen molar-refractivity contribution in [2.45, 2.75) is 33.0 Å². The first-order valence-corrected chi connectivity index (χ1v) is 9.01. The van der Waals surface area contributed by atoms with Gasteiger partial charge in [-0.2, -0.15) is 0 Å². The number of ether oxygens (including phenoxy) is 4. The maximum atomic E-state index is 13.2. The van der Waals surface area contributed by atoms with Gasteiger partial charge in [0.25, 0.3) is 0 Å². The van der Waals surface area contributed by atoms with Crippen molar-refractivity contribution in [1.82, 2.24) is 0 Å². The summed E-state index contributed by atoms with van der Waals surface area (Å²) >= 11 is 0. The van der Waals surface area contributed by atoms with Crippen LogP contribution < -0.4 is 14.2 Å². The molecule has 31 heavy (non-hydrogen) atoms. The van der Waals surface area contributed by atoms with Gasteiger partial charge < -0.3 is 29.2 Å². The topological polar surface area (TPSA) is 146 Å². The molecule has 2 atom stereocenters. The third-order valence-electron chi connectivity index (χ3n) is 4.20. The zero-order chi connectivity index (χ0) is 22.9. The summed E-state index contributed by atoms with van der Waals surface area (Å²) < 4.78 is 20.8. The Morgan fingerprint density at radius 3 is 2.13 bits per heavy atom. The lowest BCUT2D eigenvalue weighted by Crippen LogP contribution is -2.39. The molecule has 3 rings (SSSR count). The number of phenolic OH excluding ortho intramolecular Hbond substituents is 2. The van der Waals surface area contributed by atoms with E-state index >= 15 is 0 Å². The predicted octanol–water partition coefficient (Wildman–Crippen LogP) is 2.20. The summed E-state index contributed by atoms with van der Waals surface area (Å²) in [6.07, 6.45) is -2.70. The van der Waals surface area contributed by atoms with Gasteiger partial charge in [0.05, 0.1) is 0 Å². The lowest BCUT2D eigenvalue weighted by Gasteiger charge is -2.32. The third-order valence-corrected chi connectivity index (χ3v) is 4.20. The highest BCUT2D eigenvalue weighted by Crippen LogP contribution is 2.44. The molecule has 10 nitrogen and oxygen atoms in total. The SMILES string of the molecule is CC(=O)Oc1ccc([C@H]2Oc3cc(O)cc(OC(C)=O)c3C(=O)[C@@H]2OC(C)=O)cc1O. The number of carbonyl (C=O) groups is 4. The smallest absolute Gasteiger partial charge is 0.308 e. The zero-order valence-corrected chi connectivity index (χ0v) is 16.7. The first-order chi connectivity index (χ1) is 14.6. The molecule has 1 heterocycles. The van der Waals surface area contributed by atoms with Crippen molar-refractivity contribution in [3.8, 4) is 28.7 Å². The Morgan fingerprint density at radius 1 is 0.903 bits per heavy atom. The number of carbonyl (C=O) groups excluding carboxylic acids is 4. The van der Waals surface area contributed by atoms with E-state index in [1.165, 1.54) is 18.2 Å². The summed E-state index contributed by atoms with van der Waals surface area (Å²) in [5.41, 5.74) is 0.0345. The van der Waals surface area contributed by atoms with Crippen LogP contribution in [0.2, 0.25) is 0 Å². The van der Waals surface area contributed by atoms with Crippen LogP contribution in [0.4, 0.5) is 0 Å². The monoisotopic (exact) mass is 430 g/mol. The first-order valence-electron chi connectivity index (χ1n) is 9.01. The number of Topliss-reactive ketones (excluding diaryl/α,β-unsaturated/α-hetero) is 1. The van der Waals surface area contributed by atoms with Gasteiger partial charge in [-0.15, -0.1) is 0 Å². The summed E-state index contributed by atoms with van der Waals surface area (Å²) in [6.45, 7) is 3.38. The standard InChI is InChI=1S/C21H18O10/c1-9(22)28-15-5-4-12(6-14(15)26)20-21(30-11(3)24)19(27)18-16(29-10(2)23)7-13(25)8-17(18)31-20/h4-8,20-21,25-26H,1-3H3/t20-,21+/m1/s1. The fourth-order valence-electron chi connectivity index (χ4n) is 3.12. The molecule has 1 aliphatic rings. The number of ketones is 1. The molecule has 0 fully saturated rings. The minimum atomic E-state index is -1.48. The summed E-state index contributed by atoms with van der Waals surface area (Å²) in [5, 5.41) is 20.1. The third kappa shape index (κ3) is 4.58. The second-order valence-electron chi connectivity index (χ2n) is 6.66.